The van der Waals surface area contributed by atoms with Crippen molar-refractivity contribution in [1.29, 1.82) is 0 Å². The first-order valence-corrected chi connectivity index (χ1v) is 9.09. The van der Waals surface area contributed by atoms with E-state index in [0.29, 0.717) is 28.7 Å². The Labute approximate surface area is 132 Å². The molecule has 110 valence electrons. The average Bonchev–Trinajstić information content (AvgIpc) is 2.47. The van der Waals surface area contributed by atoms with Gasteiger partial charge in [-0.3, -0.25) is 4.31 Å². The molecule has 1 heterocycles. The van der Waals surface area contributed by atoms with Crippen molar-refractivity contribution in [1.82, 2.24) is 0 Å². The zero-order valence-corrected chi connectivity index (χ0v) is 13.4. The van der Waals surface area contributed by atoms with Crippen LogP contribution in [0.5, 0.6) is 0 Å². The summed E-state index contributed by atoms with van der Waals surface area (Å²) in [5, 5.41) is 0.507. The standard InChI is InChI=1S/C14H13ClN2O2S2/c15-10-1-4-12(5-2-10)21(18,19)17-7-8-20-14-6-3-11(16)9-13(14)17/h1-6,9H,7-8,16H2. The lowest BCUT2D eigenvalue weighted by molar-refractivity contribution is 0.591. The second-order valence-corrected chi connectivity index (χ2v) is 8.04. The van der Waals surface area contributed by atoms with Crippen molar-refractivity contribution in [3.63, 3.8) is 0 Å². The lowest BCUT2D eigenvalue weighted by Gasteiger charge is -2.30. The van der Waals surface area contributed by atoms with Gasteiger partial charge < -0.3 is 5.73 Å². The van der Waals surface area contributed by atoms with Gasteiger partial charge in [0.2, 0.25) is 0 Å². The first-order valence-electron chi connectivity index (χ1n) is 6.29. The van der Waals surface area contributed by atoms with E-state index in [9.17, 15) is 8.42 Å². The molecule has 0 saturated carbocycles. The zero-order chi connectivity index (χ0) is 15.0. The Morgan fingerprint density at radius 1 is 1.14 bits per heavy atom. The van der Waals surface area contributed by atoms with Crippen LogP contribution >= 0.6 is 23.4 Å². The Bertz CT molecular complexity index is 776. The van der Waals surface area contributed by atoms with Gasteiger partial charge in [-0.15, -0.1) is 11.8 Å². The molecule has 2 aromatic rings. The van der Waals surface area contributed by atoms with Crippen LogP contribution in [0.15, 0.2) is 52.3 Å². The summed E-state index contributed by atoms with van der Waals surface area (Å²) < 4.78 is 27.0. The van der Waals surface area contributed by atoms with E-state index < -0.39 is 10.0 Å². The van der Waals surface area contributed by atoms with Crippen molar-refractivity contribution in [3.8, 4) is 0 Å². The summed E-state index contributed by atoms with van der Waals surface area (Å²) in [5.41, 5.74) is 6.99. The van der Waals surface area contributed by atoms with Crippen LogP contribution in [-0.2, 0) is 10.0 Å². The predicted molar refractivity (Wildman–Crippen MR) is 87.6 cm³/mol. The number of rotatable bonds is 2. The van der Waals surface area contributed by atoms with Crippen LogP contribution in [0.2, 0.25) is 5.02 Å². The van der Waals surface area contributed by atoms with E-state index in [1.54, 1.807) is 36.0 Å². The highest BCUT2D eigenvalue weighted by Crippen LogP contribution is 2.38. The van der Waals surface area contributed by atoms with E-state index in [1.807, 2.05) is 6.07 Å². The molecule has 0 bridgehead atoms. The average molecular weight is 341 g/mol. The molecule has 1 aliphatic rings. The van der Waals surface area contributed by atoms with Crippen LogP contribution in [0.1, 0.15) is 0 Å². The molecule has 0 fully saturated rings. The molecule has 0 radical (unpaired) electrons. The Balaban J connectivity index is 2.09. The maximum atomic E-state index is 12.8. The number of anilines is 2. The highest BCUT2D eigenvalue weighted by atomic mass is 35.5. The largest absolute Gasteiger partial charge is 0.399 e. The zero-order valence-electron chi connectivity index (χ0n) is 11.0. The Kier molecular flexibility index (Phi) is 3.77. The molecule has 3 rings (SSSR count). The summed E-state index contributed by atoms with van der Waals surface area (Å²) in [4.78, 5) is 1.15. The maximum Gasteiger partial charge on any atom is 0.264 e. The van der Waals surface area contributed by atoms with Crippen molar-refractivity contribution in [2.24, 2.45) is 0 Å². The van der Waals surface area contributed by atoms with Crippen molar-refractivity contribution in [2.45, 2.75) is 9.79 Å². The first-order chi connectivity index (χ1) is 9.98. The number of halogens is 1. The number of benzene rings is 2. The highest BCUT2D eigenvalue weighted by molar-refractivity contribution is 8.00. The maximum absolute atomic E-state index is 12.8. The second-order valence-electron chi connectivity index (χ2n) is 4.61. The van der Waals surface area contributed by atoms with E-state index in [-0.39, 0.29) is 4.90 Å². The van der Waals surface area contributed by atoms with Crippen molar-refractivity contribution >= 4 is 44.8 Å². The number of nitrogen functional groups attached to an aromatic ring is 1. The Morgan fingerprint density at radius 2 is 1.86 bits per heavy atom. The predicted octanol–water partition coefficient (Wildman–Crippen LogP) is 3.22. The molecule has 7 heteroatoms. The molecule has 0 atom stereocenters. The number of hydrogen-bond acceptors (Lipinski definition) is 4. The second kappa shape index (κ2) is 5.44. The molecule has 0 aromatic heterocycles. The van der Waals surface area contributed by atoms with Crippen LogP contribution in [-0.4, -0.2) is 20.7 Å². The van der Waals surface area contributed by atoms with Crippen molar-refractivity contribution < 1.29 is 8.42 Å². The van der Waals surface area contributed by atoms with E-state index in [4.69, 9.17) is 17.3 Å². The van der Waals surface area contributed by atoms with Gasteiger partial charge in [0.1, 0.15) is 0 Å². The molecule has 21 heavy (non-hydrogen) atoms. The minimum atomic E-state index is -3.60. The Hall–Kier alpha value is -1.37. The fourth-order valence-electron chi connectivity index (χ4n) is 2.19. The highest BCUT2D eigenvalue weighted by Gasteiger charge is 2.29. The van der Waals surface area contributed by atoms with E-state index in [0.717, 1.165) is 4.90 Å². The number of nitrogens with zero attached hydrogens (tertiary/aromatic N) is 1. The van der Waals surface area contributed by atoms with Crippen LogP contribution in [0, 0.1) is 0 Å². The van der Waals surface area contributed by atoms with Gasteiger partial charge in [-0.1, -0.05) is 11.6 Å². The fourth-order valence-corrected chi connectivity index (χ4v) is 4.94. The molecule has 0 unspecified atom stereocenters. The molecule has 0 amide bonds. The Morgan fingerprint density at radius 3 is 2.57 bits per heavy atom. The number of sulfonamides is 1. The number of nitrogens with two attached hydrogens (primary N) is 1. The van der Waals surface area contributed by atoms with Gasteiger partial charge in [-0.05, 0) is 42.5 Å². The molecule has 4 nitrogen and oxygen atoms in total. The lowest BCUT2D eigenvalue weighted by Crippen LogP contribution is -2.35. The SMILES string of the molecule is Nc1ccc2c(c1)N(S(=O)(=O)c1ccc(Cl)cc1)CCS2. The van der Waals surface area contributed by atoms with Gasteiger partial charge in [0.05, 0.1) is 10.6 Å². The van der Waals surface area contributed by atoms with Gasteiger partial charge in [0, 0.05) is 27.9 Å². The summed E-state index contributed by atoms with van der Waals surface area (Å²) in [6.45, 7) is 0.423. The minimum absolute atomic E-state index is 0.229. The molecule has 0 saturated heterocycles. The number of hydrogen-bond donors (Lipinski definition) is 1. The molecular formula is C14H13ClN2O2S2. The number of fused-ring (bicyclic) bond motifs is 1. The summed E-state index contributed by atoms with van der Waals surface area (Å²) >= 11 is 7.45. The van der Waals surface area contributed by atoms with Crippen molar-refractivity contribution in [3.05, 3.63) is 47.5 Å². The lowest BCUT2D eigenvalue weighted by atomic mass is 10.3. The van der Waals surface area contributed by atoms with Crippen LogP contribution < -0.4 is 10.0 Å². The smallest absolute Gasteiger partial charge is 0.264 e. The van der Waals surface area contributed by atoms with Gasteiger partial charge in [-0.2, -0.15) is 0 Å². The third-order valence-corrected chi connectivity index (χ3v) is 6.33. The molecule has 1 aliphatic heterocycles. The summed E-state index contributed by atoms with van der Waals surface area (Å²) in [6.07, 6.45) is 0. The van der Waals surface area contributed by atoms with Crippen LogP contribution in [0.3, 0.4) is 0 Å². The molecule has 0 spiro atoms. The molecule has 0 aliphatic carbocycles. The quantitative estimate of drug-likeness (QED) is 0.852. The van der Waals surface area contributed by atoms with Gasteiger partial charge in [-0.25, -0.2) is 8.42 Å². The molecule has 2 N–H and O–H groups in total. The third-order valence-electron chi connectivity index (χ3n) is 3.21. The topological polar surface area (TPSA) is 63.4 Å². The monoisotopic (exact) mass is 340 g/mol. The normalized spacial score (nSPS) is 14.8. The number of thioether (sulfide) groups is 1. The van der Waals surface area contributed by atoms with E-state index in [1.165, 1.54) is 16.4 Å². The van der Waals surface area contributed by atoms with Crippen LogP contribution in [0.25, 0.3) is 0 Å². The molecule has 2 aromatic carbocycles. The first kappa shape index (κ1) is 14.6. The van der Waals surface area contributed by atoms with Gasteiger partial charge in [0.25, 0.3) is 10.0 Å². The summed E-state index contributed by atoms with van der Waals surface area (Å²) in [7, 11) is -3.60. The summed E-state index contributed by atoms with van der Waals surface area (Å²) in [6, 6.07) is 11.5. The van der Waals surface area contributed by atoms with Crippen molar-refractivity contribution in [2.75, 3.05) is 22.3 Å². The fraction of sp³-hybridized carbons (Fsp3) is 0.143. The van der Waals surface area contributed by atoms with Crippen LogP contribution in [0.4, 0.5) is 11.4 Å². The van der Waals surface area contributed by atoms with E-state index >= 15 is 0 Å². The van der Waals surface area contributed by atoms with Gasteiger partial charge >= 0.3 is 0 Å². The van der Waals surface area contributed by atoms with E-state index in [2.05, 4.69) is 0 Å². The minimum Gasteiger partial charge on any atom is -0.399 e. The molecular weight excluding hydrogens is 328 g/mol. The third kappa shape index (κ3) is 2.71. The summed E-state index contributed by atoms with van der Waals surface area (Å²) in [5.74, 6) is 0.712. The van der Waals surface area contributed by atoms with Gasteiger partial charge in [0.15, 0.2) is 0 Å².